The van der Waals surface area contributed by atoms with Crippen LogP contribution in [0, 0.1) is 5.92 Å². The van der Waals surface area contributed by atoms with Crippen molar-refractivity contribution in [2.75, 3.05) is 57.8 Å². The second kappa shape index (κ2) is 7.72. The average molecular weight is 303 g/mol. The molecule has 2 fully saturated rings. The van der Waals surface area contributed by atoms with Crippen LogP contribution in [-0.4, -0.2) is 68.2 Å². The summed E-state index contributed by atoms with van der Waals surface area (Å²) in [6, 6.07) is 9.66. The van der Waals surface area contributed by atoms with E-state index in [9.17, 15) is 4.79 Å². The number of nitrogens with one attached hydrogen (secondary N) is 1. The summed E-state index contributed by atoms with van der Waals surface area (Å²) in [5.41, 5.74) is 0.872. The van der Waals surface area contributed by atoms with E-state index in [1.165, 1.54) is 6.42 Å². The number of benzene rings is 1. The number of ether oxygens (including phenoxy) is 1. The van der Waals surface area contributed by atoms with Gasteiger partial charge < -0.3 is 10.1 Å². The van der Waals surface area contributed by atoms with E-state index in [0.29, 0.717) is 12.5 Å². The van der Waals surface area contributed by atoms with Gasteiger partial charge in [0.05, 0.1) is 19.8 Å². The van der Waals surface area contributed by atoms with Gasteiger partial charge in [0, 0.05) is 31.9 Å². The molecule has 1 N–H and O–H groups in total. The molecule has 0 saturated carbocycles. The van der Waals surface area contributed by atoms with Crippen molar-refractivity contribution >= 4 is 11.6 Å². The molecule has 2 aliphatic rings. The lowest BCUT2D eigenvalue weighted by Crippen LogP contribution is -2.40. The highest BCUT2D eigenvalue weighted by atomic mass is 16.5. The van der Waals surface area contributed by atoms with Gasteiger partial charge in [0.1, 0.15) is 0 Å². The SMILES string of the molecule is O=C(CN1CCC(CN2CCOCC2)C1)Nc1ccccc1. The van der Waals surface area contributed by atoms with Crippen molar-refractivity contribution in [2.45, 2.75) is 6.42 Å². The Kier molecular flexibility index (Phi) is 5.43. The Morgan fingerprint density at radius 1 is 1.14 bits per heavy atom. The zero-order chi connectivity index (χ0) is 15.2. The second-order valence-electron chi connectivity index (χ2n) is 6.22. The van der Waals surface area contributed by atoms with E-state index in [2.05, 4.69) is 15.1 Å². The number of anilines is 1. The number of carbonyl (C=O) groups excluding carboxylic acids is 1. The molecule has 1 aromatic carbocycles. The van der Waals surface area contributed by atoms with Crippen LogP contribution in [0.5, 0.6) is 0 Å². The van der Waals surface area contributed by atoms with Gasteiger partial charge in [-0.2, -0.15) is 0 Å². The van der Waals surface area contributed by atoms with Gasteiger partial charge >= 0.3 is 0 Å². The fourth-order valence-corrected chi connectivity index (χ4v) is 3.28. The van der Waals surface area contributed by atoms with Gasteiger partial charge in [0.25, 0.3) is 0 Å². The van der Waals surface area contributed by atoms with E-state index in [4.69, 9.17) is 4.74 Å². The van der Waals surface area contributed by atoms with Crippen molar-refractivity contribution in [1.82, 2.24) is 9.80 Å². The smallest absolute Gasteiger partial charge is 0.238 e. The number of hydrogen-bond donors (Lipinski definition) is 1. The molecule has 1 amide bonds. The molecule has 3 rings (SSSR count). The van der Waals surface area contributed by atoms with Crippen molar-refractivity contribution in [2.24, 2.45) is 5.92 Å². The Morgan fingerprint density at radius 3 is 2.68 bits per heavy atom. The van der Waals surface area contributed by atoms with Gasteiger partial charge in [0.15, 0.2) is 0 Å². The molecule has 5 heteroatoms. The summed E-state index contributed by atoms with van der Waals surface area (Å²) in [7, 11) is 0. The third-order valence-electron chi connectivity index (χ3n) is 4.41. The maximum Gasteiger partial charge on any atom is 0.238 e. The van der Waals surface area contributed by atoms with Gasteiger partial charge in [-0.1, -0.05) is 18.2 Å². The highest BCUT2D eigenvalue weighted by Crippen LogP contribution is 2.18. The molecular weight excluding hydrogens is 278 g/mol. The molecule has 2 heterocycles. The number of para-hydroxylation sites is 1. The summed E-state index contributed by atoms with van der Waals surface area (Å²) in [4.78, 5) is 16.8. The minimum Gasteiger partial charge on any atom is -0.379 e. The standard InChI is InChI=1S/C17H25N3O2/c21-17(18-16-4-2-1-3-5-16)14-20-7-6-15(13-20)12-19-8-10-22-11-9-19/h1-5,15H,6-14H2,(H,18,21). The predicted molar refractivity (Wildman–Crippen MR) is 86.9 cm³/mol. The first-order valence-corrected chi connectivity index (χ1v) is 8.17. The molecule has 0 spiro atoms. The predicted octanol–water partition coefficient (Wildman–Crippen LogP) is 1.28. The van der Waals surface area contributed by atoms with Gasteiger partial charge in [0.2, 0.25) is 5.91 Å². The Balaban J connectivity index is 1.39. The number of amides is 1. The Bertz CT molecular complexity index is 474. The van der Waals surface area contributed by atoms with Crippen LogP contribution in [0.2, 0.25) is 0 Å². The summed E-state index contributed by atoms with van der Waals surface area (Å²) < 4.78 is 5.39. The van der Waals surface area contributed by atoms with Crippen LogP contribution in [0.15, 0.2) is 30.3 Å². The van der Waals surface area contributed by atoms with Gasteiger partial charge in [-0.15, -0.1) is 0 Å². The van der Waals surface area contributed by atoms with Crippen molar-refractivity contribution in [3.8, 4) is 0 Å². The summed E-state index contributed by atoms with van der Waals surface area (Å²) >= 11 is 0. The van der Waals surface area contributed by atoms with Crippen molar-refractivity contribution < 1.29 is 9.53 Å². The van der Waals surface area contributed by atoms with E-state index < -0.39 is 0 Å². The molecule has 2 saturated heterocycles. The highest BCUT2D eigenvalue weighted by Gasteiger charge is 2.26. The summed E-state index contributed by atoms with van der Waals surface area (Å²) in [5.74, 6) is 0.765. The normalized spacial score (nSPS) is 23.5. The largest absolute Gasteiger partial charge is 0.379 e. The number of carbonyl (C=O) groups is 1. The van der Waals surface area contributed by atoms with Crippen LogP contribution in [0.4, 0.5) is 5.69 Å². The van der Waals surface area contributed by atoms with Crippen LogP contribution < -0.4 is 5.32 Å². The van der Waals surface area contributed by atoms with Crippen LogP contribution in [0.1, 0.15) is 6.42 Å². The van der Waals surface area contributed by atoms with E-state index in [-0.39, 0.29) is 5.91 Å². The molecule has 1 atom stereocenters. The molecule has 5 nitrogen and oxygen atoms in total. The number of morpholine rings is 1. The first-order chi connectivity index (χ1) is 10.8. The van der Waals surface area contributed by atoms with Gasteiger partial charge in [-0.3, -0.25) is 14.6 Å². The fraction of sp³-hybridized carbons (Fsp3) is 0.588. The van der Waals surface area contributed by atoms with Crippen molar-refractivity contribution in [3.05, 3.63) is 30.3 Å². The molecule has 1 aromatic rings. The number of hydrogen-bond acceptors (Lipinski definition) is 4. The molecule has 22 heavy (non-hydrogen) atoms. The third kappa shape index (κ3) is 4.53. The Morgan fingerprint density at radius 2 is 1.91 bits per heavy atom. The molecule has 120 valence electrons. The number of nitrogens with zero attached hydrogens (tertiary/aromatic N) is 2. The van der Waals surface area contributed by atoms with E-state index >= 15 is 0 Å². The summed E-state index contributed by atoms with van der Waals surface area (Å²) in [6.07, 6.45) is 1.19. The molecular formula is C17H25N3O2. The Labute approximate surface area is 132 Å². The lowest BCUT2D eigenvalue weighted by molar-refractivity contribution is -0.117. The maximum atomic E-state index is 12.1. The monoisotopic (exact) mass is 303 g/mol. The molecule has 1 unspecified atom stereocenters. The second-order valence-corrected chi connectivity index (χ2v) is 6.22. The van der Waals surface area contributed by atoms with Crippen molar-refractivity contribution in [3.63, 3.8) is 0 Å². The maximum absolute atomic E-state index is 12.1. The minimum atomic E-state index is 0.0817. The average Bonchev–Trinajstić information content (AvgIpc) is 2.96. The summed E-state index contributed by atoms with van der Waals surface area (Å²) in [5, 5.41) is 2.96. The van der Waals surface area contributed by atoms with Gasteiger partial charge in [-0.05, 0) is 31.0 Å². The molecule has 0 bridgehead atoms. The van der Waals surface area contributed by atoms with E-state index in [1.54, 1.807) is 0 Å². The molecule has 0 aliphatic carbocycles. The first-order valence-electron chi connectivity index (χ1n) is 8.17. The molecule has 0 radical (unpaired) electrons. The third-order valence-corrected chi connectivity index (χ3v) is 4.41. The molecule has 0 aromatic heterocycles. The minimum absolute atomic E-state index is 0.0817. The van der Waals surface area contributed by atoms with E-state index in [1.807, 2.05) is 30.3 Å². The van der Waals surface area contributed by atoms with Gasteiger partial charge in [-0.25, -0.2) is 0 Å². The zero-order valence-electron chi connectivity index (χ0n) is 13.0. The highest BCUT2D eigenvalue weighted by molar-refractivity contribution is 5.92. The topological polar surface area (TPSA) is 44.8 Å². The van der Waals surface area contributed by atoms with Crippen LogP contribution in [0.25, 0.3) is 0 Å². The summed E-state index contributed by atoms with van der Waals surface area (Å²) in [6.45, 7) is 7.49. The number of rotatable bonds is 5. The molecule has 2 aliphatic heterocycles. The Hall–Kier alpha value is -1.43. The van der Waals surface area contributed by atoms with Crippen LogP contribution in [0.3, 0.4) is 0 Å². The van der Waals surface area contributed by atoms with Crippen LogP contribution >= 0.6 is 0 Å². The van der Waals surface area contributed by atoms with E-state index in [0.717, 1.165) is 51.6 Å². The number of likely N-dealkylation sites (tertiary alicyclic amines) is 1. The first kappa shape index (κ1) is 15.5. The quantitative estimate of drug-likeness (QED) is 0.890. The lowest BCUT2D eigenvalue weighted by atomic mass is 10.1. The zero-order valence-corrected chi connectivity index (χ0v) is 13.0. The fourth-order valence-electron chi connectivity index (χ4n) is 3.28. The van der Waals surface area contributed by atoms with Crippen molar-refractivity contribution in [1.29, 1.82) is 0 Å². The lowest BCUT2D eigenvalue weighted by Gasteiger charge is -2.29. The van der Waals surface area contributed by atoms with Crippen LogP contribution in [-0.2, 0) is 9.53 Å².